The topological polar surface area (TPSA) is 165 Å². The summed E-state index contributed by atoms with van der Waals surface area (Å²) in [6.07, 6.45) is 1.75. The zero-order valence-electron chi connectivity index (χ0n) is 12.3. The number of unbranched alkanes of at least 4 members (excludes halogenated alkanes) is 2. The highest BCUT2D eigenvalue weighted by molar-refractivity contribution is 7.46. The normalized spacial score (nSPS) is 12.0. The van der Waals surface area contributed by atoms with Gasteiger partial charge in [-0.25, -0.2) is 4.57 Å². The first-order chi connectivity index (χ1) is 10.1. The lowest BCUT2D eigenvalue weighted by atomic mass is 10.0. The van der Waals surface area contributed by atoms with Crippen molar-refractivity contribution in [3.63, 3.8) is 0 Å². The molecular weight excluding hydrogens is 319 g/mol. The number of nitrogens with one attached hydrogen (secondary N) is 2. The van der Waals surface area contributed by atoms with Crippen LogP contribution in [0.5, 0.6) is 0 Å². The maximum absolute atomic E-state index is 11.3. The van der Waals surface area contributed by atoms with Crippen molar-refractivity contribution in [3.05, 3.63) is 0 Å². The fourth-order valence-corrected chi connectivity index (χ4v) is 2.16. The quantitative estimate of drug-likeness (QED) is 0.151. The number of aliphatic hydroxyl groups is 2. The van der Waals surface area contributed by atoms with Crippen LogP contribution in [-0.4, -0.2) is 57.3 Å². The molecule has 0 saturated carbocycles. The number of amides is 2. The molecule has 0 bridgehead atoms. The summed E-state index contributed by atoms with van der Waals surface area (Å²) in [5, 5.41) is 22.4. The molecule has 0 spiro atoms. The Hall–Kier alpha value is -1.03. The number of phosphoric ester groups is 1. The first kappa shape index (κ1) is 21.0. The summed E-state index contributed by atoms with van der Waals surface area (Å²) < 4.78 is 14.7. The van der Waals surface area contributed by atoms with Crippen molar-refractivity contribution in [2.75, 3.05) is 19.8 Å². The molecule has 0 rings (SSSR count). The van der Waals surface area contributed by atoms with Gasteiger partial charge in [0.25, 0.3) is 0 Å². The number of hydrogen-bond donors (Lipinski definition) is 6. The van der Waals surface area contributed by atoms with E-state index in [-0.39, 0.29) is 6.61 Å². The Bertz CT molecular complexity index is 393. The summed E-state index contributed by atoms with van der Waals surface area (Å²) in [6, 6.07) is 0. The molecule has 11 heteroatoms. The van der Waals surface area contributed by atoms with Gasteiger partial charge in [0.15, 0.2) is 0 Å². The van der Waals surface area contributed by atoms with E-state index in [1.165, 1.54) is 6.92 Å². The van der Waals surface area contributed by atoms with Crippen molar-refractivity contribution in [1.29, 1.82) is 0 Å². The number of aliphatic hydroxyl groups excluding tert-OH is 2. The Morgan fingerprint density at radius 3 is 1.95 bits per heavy atom. The molecule has 0 aromatic carbocycles. The second-order valence-corrected chi connectivity index (χ2v) is 6.12. The molecule has 0 unspecified atom stereocenters. The fourth-order valence-electron chi connectivity index (χ4n) is 1.79. The lowest BCUT2D eigenvalue weighted by Gasteiger charge is -2.31. The minimum Gasteiger partial charge on any atom is -0.387 e. The highest BCUT2D eigenvalue weighted by atomic mass is 31.2. The molecule has 0 aliphatic carbocycles. The summed E-state index contributed by atoms with van der Waals surface area (Å²) in [4.78, 5) is 39.5. The average molecular weight is 342 g/mol. The number of hydrogen-bond acceptors (Lipinski definition) is 6. The van der Waals surface area contributed by atoms with Gasteiger partial charge in [-0.1, -0.05) is 6.42 Å². The zero-order chi connectivity index (χ0) is 17.2. The first-order valence-corrected chi connectivity index (χ1v) is 8.19. The average Bonchev–Trinajstić information content (AvgIpc) is 2.41. The van der Waals surface area contributed by atoms with Gasteiger partial charge >= 0.3 is 7.82 Å². The molecule has 0 aromatic rings. The van der Waals surface area contributed by atoms with Crippen LogP contribution in [0.4, 0.5) is 0 Å². The van der Waals surface area contributed by atoms with Crippen LogP contribution >= 0.6 is 7.82 Å². The second kappa shape index (κ2) is 9.88. The molecule has 2 amide bonds. The van der Waals surface area contributed by atoms with Gasteiger partial charge in [-0.15, -0.1) is 0 Å². The third-order valence-electron chi connectivity index (χ3n) is 2.70. The Labute approximate surface area is 128 Å². The van der Waals surface area contributed by atoms with Crippen LogP contribution in [0.2, 0.25) is 0 Å². The van der Waals surface area contributed by atoms with E-state index < -0.39 is 38.5 Å². The van der Waals surface area contributed by atoms with Gasteiger partial charge in [0.05, 0.1) is 6.61 Å². The van der Waals surface area contributed by atoms with Crippen LogP contribution in [0.3, 0.4) is 0 Å². The highest BCUT2D eigenvalue weighted by Crippen LogP contribution is 2.35. The predicted molar refractivity (Wildman–Crippen MR) is 75.3 cm³/mol. The number of carbonyl (C=O) groups excluding carboxylic acids is 2. The molecule has 0 radical (unpaired) electrons. The smallest absolute Gasteiger partial charge is 0.387 e. The van der Waals surface area contributed by atoms with Gasteiger partial charge in [0.2, 0.25) is 11.8 Å². The number of phosphoric acid groups is 1. The third kappa shape index (κ3) is 10.7. The van der Waals surface area contributed by atoms with Gasteiger partial charge < -0.3 is 30.6 Å². The predicted octanol–water partition coefficient (Wildman–Crippen LogP) is -1.41. The van der Waals surface area contributed by atoms with Crippen LogP contribution in [0.1, 0.15) is 32.6 Å². The van der Waals surface area contributed by atoms with Crippen molar-refractivity contribution in [3.8, 4) is 0 Å². The van der Waals surface area contributed by atoms with Crippen molar-refractivity contribution in [1.82, 2.24) is 10.6 Å². The molecule has 0 saturated heterocycles. The van der Waals surface area contributed by atoms with Crippen molar-refractivity contribution >= 4 is 19.6 Å². The van der Waals surface area contributed by atoms with Crippen LogP contribution < -0.4 is 10.6 Å². The van der Waals surface area contributed by atoms with E-state index in [9.17, 15) is 14.2 Å². The van der Waals surface area contributed by atoms with Crippen molar-refractivity contribution in [2.45, 2.75) is 38.3 Å². The molecule has 0 aliphatic heterocycles. The van der Waals surface area contributed by atoms with E-state index in [1.807, 2.05) is 0 Å². The Morgan fingerprint density at radius 2 is 1.55 bits per heavy atom. The summed E-state index contributed by atoms with van der Waals surface area (Å²) in [7, 11) is -4.46. The van der Waals surface area contributed by atoms with E-state index in [4.69, 9.17) is 20.0 Å². The molecule has 0 fully saturated rings. The fraction of sp³-hybridized carbons (Fsp3) is 0.818. The number of carbonyl (C=O) groups is 2. The number of rotatable bonds is 11. The van der Waals surface area contributed by atoms with Gasteiger partial charge in [0, 0.05) is 0 Å². The first-order valence-electron chi connectivity index (χ1n) is 6.66. The molecule has 10 nitrogen and oxygen atoms in total. The summed E-state index contributed by atoms with van der Waals surface area (Å²) in [6.45, 7) is -0.0469. The third-order valence-corrected chi connectivity index (χ3v) is 3.22. The summed E-state index contributed by atoms with van der Waals surface area (Å²) in [5.41, 5.74) is -1.14. The molecular formula is C11H23N2O8P. The monoisotopic (exact) mass is 342 g/mol. The molecule has 0 heterocycles. The molecule has 0 aliphatic rings. The van der Waals surface area contributed by atoms with Gasteiger partial charge in [-0.05, 0) is 26.2 Å². The maximum atomic E-state index is 11.3. The minimum absolute atomic E-state index is 0.104. The van der Waals surface area contributed by atoms with Crippen LogP contribution in [-0.2, 0) is 18.7 Å². The van der Waals surface area contributed by atoms with E-state index in [1.54, 1.807) is 0 Å². The van der Waals surface area contributed by atoms with E-state index >= 15 is 0 Å². The lowest BCUT2D eigenvalue weighted by Crippen LogP contribution is -2.59. The van der Waals surface area contributed by atoms with Gasteiger partial charge in [-0.3, -0.25) is 14.1 Å². The summed E-state index contributed by atoms with van der Waals surface area (Å²) >= 11 is 0. The zero-order valence-corrected chi connectivity index (χ0v) is 13.2. The second-order valence-electron chi connectivity index (χ2n) is 4.88. The van der Waals surface area contributed by atoms with Crippen LogP contribution in [0, 0.1) is 0 Å². The molecule has 22 heavy (non-hydrogen) atoms. The van der Waals surface area contributed by atoms with Gasteiger partial charge in [-0.2, -0.15) is 0 Å². The Balaban J connectivity index is 4.26. The van der Waals surface area contributed by atoms with Gasteiger partial charge in [0.1, 0.15) is 18.9 Å². The van der Waals surface area contributed by atoms with E-state index in [0.717, 1.165) is 0 Å². The SMILES string of the molecule is CC(CCCCCOP(=O)(O)O)(NC(=O)CO)NC(=O)CO. The van der Waals surface area contributed by atoms with Crippen molar-refractivity contribution < 1.29 is 38.7 Å². The van der Waals surface area contributed by atoms with E-state index in [2.05, 4.69) is 15.2 Å². The van der Waals surface area contributed by atoms with E-state index in [0.29, 0.717) is 25.7 Å². The minimum atomic E-state index is -4.46. The molecule has 130 valence electrons. The van der Waals surface area contributed by atoms with Crippen LogP contribution in [0.15, 0.2) is 0 Å². The highest BCUT2D eigenvalue weighted by Gasteiger charge is 2.27. The van der Waals surface area contributed by atoms with Crippen LogP contribution in [0.25, 0.3) is 0 Å². The van der Waals surface area contributed by atoms with Crippen molar-refractivity contribution in [2.24, 2.45) is 0 Å². The molecule has 6 N–H and O–H groups in total. The largest absolute Gasteiger partial charge is 0.469 e. The Kier molecular flexibility index (Phi) is 9.42. The maximum Gasteiger partial charge on any atom is 0.469 e. The lowest BCUT2D eigenvalue weighted by molar-refractivity contribution is -0.129. The summed E-state index contributed by atoms with van der Waals surface area (Å²) in [5.74, 6) is -1.35. The molecule has 0 atom stereocenters. The standard InChI is InChI=1S/C11H23N2O8P/c1-11(12-9(16)7-14,13-10(17)8-15)5-3-2-4-6-21-22(18,19)20/h14-15H,2-8H2,1H3,(H,12,16)(H,13,17)(H2,18,19,20). The Morgan fingerprint density at radius 1 is 1.05 bits per heavy atom. The molecule has 0 aromatic heterocycles.